The lowest BCUT2D eigenvalue weighted by Gasteiger charge is -2.23. The Bertz CT molecular complexity index is 379. The first-order chi connectivity index (χ1) is 8.22. The summed E-state index contributed by atoms with van der Waals surface area (Å²) in [7, 11) is 1.67. The lowest BCUT2D eigenvalue weighted by atomic mass is 9.83. The lowest BCUT2D eigenvalue weighted by Crippen LogP contribution is -2.06. The van der Waals surface area contributed by atoms with E-state index in [4.69, 9.17) is 4.74 Å². The van der Waals surface area contributed by atoms with Gasteiger partial charge < -0.3 is 9.84 Å². The van der Waals surface area contributed by atoms with Crippen molar-refractivity contribution in [1.82, 2.24) is 0 Å². The van der Waals surface area contributed by atoms with Gasteiger partial charge in [-0.15, -0.1) is 0 Å². The van der Waals surface area contributed by atoms with E-state index in [0.29, 0.717) is 18.3 Å². The molecule has 0 saturated heterocycles. The van der Waals surface area contributed by atoms with Crippen LogP contribution in [0.15, 0.2) is 12.1 Å². The van der Waals surface area contributed by atoms with Crippen LogP contribution in [0.1, 0.15) is 54.7 Å². The van der Waals surface area contributed by atoms with Crippen LogP contribution in [0.25, 0.3) is 0 Å². The van der Waals surface area contributed by atoms with Crippen LogP contribution in [0.4, 0.5) is 0 Å². The van der Waals surface area contributed by atoms with Crippen molar-refractivity contribution in [3.05, 3.63) is 28.8 Å². The molecule has 1 fully saturated rings. The van der Waals surface area contributed by atoms with Crippen LogP contribution in [-0.2, 0) is 11.3 Å². The van der Waals surface area contributed by atoms with E-state index in [1.165, 1.54) is 37.7 Å². The Morgan fingerprint density at radius 3 is 2.59 bits per heavy atom. The van der Waals surface area contributed by atoms with E-state index in [9.17, 15) is 5.11 Å². The summed E-state index contributed by atoms with van der Waals surface area (Å²) in [5.74, 6) is 1.07. The second-order valence-electron chi connectivity index (χ2n) is 5.11. The van der Waals surface area contributed by atoms with Crippen molar-refractivity contribution in [3.8, 4) is 5.75 Å². The van der Waals surface area contributed by atoms with Crippen LogP contribution in [0.3, 0.4) is 0 Å². The van der Waals surface area contributed by atoms with Gasteiger partial charge in [-0.2, -0.15) is 0 Å². The Kier molecular flexibility index (Phi) is 4.06. The summed E-state index contributed by atoms with van der Waals surface area (Å²) in [4.78, 5) is 0. The normalized spacial score (nSPS) is 17.3. The number of hydrogen-bond donors (Lipinski definition) is 1. The second-order valence-corrected chi connectivity index (χ2v) is 5.11. The molecule has 2 nitrogen and oxygen atoms in total. The van der Waals surface area contributed by atoms with Gasteiger partial charge in [0.05, 0.1) is 6.61 Å². The summed E-state index contributed by atoms with van der Waals surface area (Å²) < 4.78 is 5.15. The topological polar surface area (TPSA) is 29.5 Å². The Morgan fingerprint density at radius 2 is 1.94 bits per heavy atom. The van der Waals surface area contributed by atoms with Crippen molar-refractivity contribution in [2.24, 2.45) is 0 Å². The van der Waals surface area contributed by atoms with Crippen molar-refractivity contribution in [3.63, 3.8) is 0 Å². The quantitative estimate of drug-likeness (QED) is 0.859. The first kappa shape index (κ1) is 12.4. The molecule has 0 atom stereocenters. The van der Waals surface area contributed by atoms with E-state index in [0.717, 1.165) is 11.1 Å². The number of methoxy groups -OCH3 is 1. The highest BCUT2D eigenvalue weighted by Crippen LogP contribution is 2.36. The molecule has 1 N–H and O–H groups in total. The van der Waals surface area contributed by atoms with Crippen LogP contribution in [-0.4, -0.2) is 12.2 Å². The van der Waals surface area contributed by atoms with E-state index >= 15 is 0 Å². The number of benzene rings is 1. The standard InChI is InChI=1S/C15H22O2/c1-11-8-13(12-6-4-3-5-7-12)9-14(10-17-2)15(11)16/h8-9,12,16H,3-7,10H2,1-2H3. The third kappa shape index (κ3) is 2.81. The van der Waals surface area contributed by atoms with E-state index in [1.54, 1.807) is 7.11 Å². The lowest BCUT2D eigenvalue weighted by molar-refractivity contribution is 0.181. The number of rotatable bonds is 3. The molecule has 1 aliphatic rings. The monoisotopic (exact) mass is 234 g/mol. The fourth-order valence-electron chi connectivity index (χ4n) is 2.82. The SMILES string of the molecule is COCc1cc(C2CCCCC2)cc(C)c1O. The van der Waals surface area contributed by atoms with Gasteiger partial charge in [-0.1, -0.05) is 25.3 Å². The Morgan fingerprint density at radius 1 is 1.24 bits per heavy atom. The molecule has 17 heavy (non-hydrogen) atoms. The smallest absolute Gasteiger partial charge is 0.124 e. The van der Waals surface area contributed by atoms with E-state index in [1.807, 2.05) is 6.92 Å². The van der Waals surface area contributed by atoms with Gasteiger partial charge >= 0.3 is 0 Å². The van der Waals surface area contributed by atoms with Gasteiger partial charge in [-0.05, 0) is 42.9 Å². The summed E-state index contributed by atoms with van der Waals surface area (Å²) in [6, 6.07) is 4.27. The molecule has 0 unspecified atom stereocenters. The van der Waals surface area contributed by atoms with Gasteiger partial charge in [0, 0.05) is 12.7 Å². The molecule has 94 valence electrons. The number of phenolic OH excluding ortho intramolecular Hbond substituents is 1. The molecule has 1 aromatic carbocycles. The Hall–Kier alpha value is -1.02. The summed E-state index contributed by atoms with van der Waals surface area (Å²) in [5.41, 5.74) is 3.28. The fraction of sp³-hybridized carbons (Fsp3) is 0.600. The van der Waals surface area contributed by atoms with Gasteiger partial charge in [0.2, 0.25) is 0 Å². The molecule has 0 radical (unpaired) electrons. The molecule has 0 spiro atoms. The summed E-state index contributed by atoms with van der Waals surface area (Å²) in [5, 5.41) is 9.97. The van der Waals surface area contributed by atoms with Crippen LogP contribution >= 0.6 is 0 Å². The predicted molar refractivity (Wildman–Crippen MR) is 69.4 cm³/mol. The maximum atomic E-state index is 9.97. The number of phenols is 1. The van der Waals surface area contributed by atoms with Crippen molar-refractivity contribution in [2.45, 2.75) is 51.6 Å². The highest BCUT2D eigenvalue weighted by Gasteiger charge is 2.17. The van der Waals surface area contributed by atoms with Crippen molar-refractivity contribution >= 4 is 0 Å². The largest absolute Gasteiger partial charge is 0.507 e. The Balaban J connectivity index is 2.27. The minimum Gasteiger partial charge on any atom is -0.507 e. The second kappa shape index (κ2) is 5.54. The number of hydrogen-bond acceptors (Lipinski definition) is 2. The molecular formula is C15H22O2. The number of ether oxygens (including phenoxy) is 1. The van der Waals surface area contributed by atoms with E-state index < -0.39 is 0 Å². The number of aromatic hydroxyl groups is 1. The zero-order valence-corrected chi connectivity index (χ0v) is 10.8. The minimum absolute atomic E-state index is 0.395. The van der Waals surface area contributed by atoms with Gasteiger partial charge in [0.15, 0.2) is 0 Å². The van der Waals surface area contributed by atoms with Gasteiger partial charge in [0.1, 0.15) is 5.75 Å². The Labute approximate surface area is 104 Å². The maximum absolute atomic E-state index is 9.97. The highest BCUT2D eigenvalue weighted by atomic mass is 16.5. The maximum Gasteiger partial charge on any atom is 0.124 e. The summed E-state index contributed by atoms with van der Waals surface area (Å²) >= 11 is 0. The minimum atomic E-state index is 0.395. The van der Waals surface area contributed by atoms with E-state index in [2.05, 4.69) is 12.1 Å². The fourth-order valence-corrected chi connectivity index (χ4v) is 2.82. The molecular weight excluding hydrogens is 212 g/mol. The first-order valence-electron chi connectivity index (χ1n) is 6.53. The zero-order valence-electron chi connectivity index (χ0n) is 10.8. The molecule has 2 heteroatoms. The van der Waals surface area contributed by atoms with Crippen molar-refractivity contribution in [2.75, 3.05) is 7.11 Å². The molecule has 1 saturated carbocycles. The summed E-state index contributed by atoms with van der Waals surface area (Å²) in [6.45, 7) is 2.47. The molecule has 0 heterocycles. The average Bonchev–Trinajstić information content (AvgIpc) is 2.36. The van der Waals surface area contributed by atoms with E-state index in [-0.39, 0.29) is 0 Å². The molecule has 2 rings (SSSR count). The highest BCUT2D eigenvalue weighted by molar-refractivity contribution is 5.43. The van der Waals surface area contributed by atoms with Crippen LogP contribution < -0.4 is 0 Å². The number of aryl methyl sites for hydroxylation is 1. The zero-order chi connectivity index (χ0) is 12.3. The molecule has 0 bridgehead atoms. The van der Waals surface area contributed by atoms with Gasteiger partial charge in [0.25, 0.3) is 0 Å². The predicted octanol–water partition coefficient (Wildman–Crippen LogP) is 3.89. The molecule has 1 aliphatic carbocycles. The molecule has 0 amide bonds. The van der Waals surface area contributed by atoms with Crippen LogP contribution in [0.5, 0.6) is 5.75 Å². The van der Waals surface area contributed by atoms with Gasteiger partial charge in [-0.25, -0.2) is 0 Å². The third-order valence-corrected chi connectivity index (χ3v) is 3.78. The first-order valence-corrected chi connectivity index (χ1v) is 6.53. The molecule has 1 aromatic rings. The van der Waals surface area contributed by atoms with Crippen molar-refractivity contribution in [1.29, 1.82) is 0 Å². The molecule has 0 aliphatic heterocycles. The third-order valence-electron chi connectivity index (χ3n) is 3.78. The van der Waals surface area contributed by atoms with Gasteiger partial charge in [-0.3, -0.25) is 0 Å². The van der Waals surface area contributed by atoms with Crippen molar-refractivity contribution < 1.29 is 9.84 Å². The average molecular weight is 234 g/mol. The van der Waals surface area contributed by atoms with Crippen LogP contribution in [0.2, 0.25) is 0 Å². The summed E-state index contributed by atoms with van der Waals surface area (Å²) in [6.07, 6.45) is 6.63. The van der Waals surface area contributed by atoms with Crippen LogP contribution in [0, 0.1) is 6.92 Å². The molecule has 0 aromatic heterocycles.